The maximum atomic E-state index is 12.5. The summed E-state index contributed by atoms with van der Waals surface area (Å²) in [4.78, 5) is 24.5. The van der Waals surface area contributed by atoms with Gasteiger partial charge in [-0.25, -0.2) is 0 Å². The van der Waals surface area contributed by atoms with Crippen LogP contribution in [0.2, 0.25) is 0 Å². The first-order valence-electron chi connectivity index (χ1n) is 9.85. The van der Waals surface area contributed by atoms with Crippen LogP contribution in [0.3, 0.4) is 0 Å². The summed E-state index contributed by atoms with van der Waals surface area (Å²) in [6.45, 7) is 0. The van der Waals surface area contributed by atoms with Crippen molar-refractivity contribution in [1.82, 2.24) is 0 Å². The average molecular weight is 383 g/mol. The molecule has 4 nitrogen and oxygen atoms in total. The van der Waals surface area contributed by atoms with Gasteiger partial charge in [-0.3, -0.25) is 9.59 Å². The van der Waals surface area contributed by atoms with Gasteiger partial charge < -0.3 is 10.8 Å². The zero-order valence-corrected chi connectivity index (χ0v) is 15.9. The van der Waals surface area contributed by atoms with Crippen LogP contribution in [0, 0.1) is 5.41 Å². The van der Waals surface area contributed by atoms with Crippen LogP contribution in [0.25, 0.3) is 11.1 Å². The Morgan fingerprint density at radius 2 is 1.59 bits per heavy atom. The number of carboxylic acids is 1. The van der Waals surface area contributed by atoms with Crippen LogP contribution in [0.15, 0.2) is 66.7 Å². The van der Waals surface area contributed by atoms with E-state index in [9.17, 15) is 14.7 Å². The van der Waals surface area contributed by atoms with E-state index in [0.717, 1.165) is 33.4 Å². The van der Waals surface area contributed by atoms with E-state index < -0.39 is 17.3 Å². The van der Waals surface area contributed by atoms with Gasteiger partial charge in [0.25, 0.3) is 0 Å². The summed E-state index contributed by atoms with van der Waals surface area (Å²) in [5.74, 6) is -1.48. The summed E-state index contributed by atoms with van der Waals surface area (Å²) < 4.78 is 0. The number of aliphatic carboxylic acids is 1. The molecule has 1 fully saturated rings. The van der Waals surface area contributed by atoms with E-state index in [0.29, 0.717) is 24.8 Å². The van der Waals surface area contributed by atoms with E-state index in [1.807, 2.05) is 66.7 Å². The van der Waals surface area contributed by atoms with E-state index in [-0.39, 0.29) is 5.92 Å². The molecular weight excluding hydrogens is 362 g/mol. The lowest BCUT2D eigenvalue weighted by Gasteiger charge is -2.10. The van der Waals surface area contributed by atoms with Crippen molar-refractivity contribution in [3.8, 4) is 11.1 Å². The fourth-order valence-corrected chi connectivity index (χ4v) is 4.71. The molecule has 0 aliphatic heterocycles. The van der Waals surface area contributed by atoms with Crippen molar-refractivity contribution in [1.29, 1.82) is 0 Å². The number of carbonyl (C=O) groups is 2. The van der Waals surface area contributed by atoms with Gasteiger partial charge in [-0.2, -0.15) is 0 Å². The van der Waals surface area contributed by atoms with Crippen LogP contribution in [0.1, 0.15) is 51.4 Å². The maximum Gasteiger partial charge on any atom is 0.310 e. The van der Waals surface area contributed by atoms with Gasteiger partial charge in [0.15, 0.2) is 0 Å². The Labute approximate surface area is 169 Å². The van der Waals surface area contributed by atoms with Crippen LogP contribution < -0.4 is 5.73 Å². The molecule has 5 rings (SSSR count). The Morgan fingerprint density at radius 1 is 0.966 bits per heavy atom. The van der Waals surface area contributed by atoms with Crippen molar-refractivity contribution in [2.24, 2.45) is 11.1 Å². The Balaban J connectivity index is 1.70. The number of hydrogen-bond donors (Lipinski definition) is 2. The molecule has 1 saturated carbocycles. The van der Waals surface area contributed by atoms with Crippen LogP contribution in [-0.2, 0) is 11.2 Å². The molecule has 29 heavy (non-hydrogen) atoms. The third kappa shape index (κ3) is 2.75. The van der Waals surface area contributed by atoms with Crippen molar-refractivity contribution >= 4 is 11.9 Å². The topological polar surface area (TPSA) is 80.4 Å². The normalized spacial score (nSPS) is 18.0. The fourth-order valence-electron chi connectivity index (χ4n) is 4.71. The lowest BCUT2D eigenvalue weighted by atomic mass is 9.94. The minimum Gasteiger partial charge on any atom is -0.481 e. The molecule has 1 amide bonds. The maximum absolute atomic E-state index is 12.5. The quantitative estimate of drug-likeness (QED) is 0.664. The second-order valence-electron chi connectivity index (χ2n) is 8.07. The van der Waals surface area contributed by atoms with E-state index in [1.54, 1.807) is 0 Å². The van der Waals surface area contributed by atoms with Gasteiger partial charge >= 0.3 is 5.97 Å². The Morgan fingerprint density at radius 3 is 2.14 bits per heavy atom. The zero-order chi connectivity index (χ0) is 20.2. The molecule has 2 aliphatic carbocycles. The SMILES string of the molecule is NC(=O)c1c(Cc2ccccc2)cc(-c2ccccc2)c2c1C2C1(C(=O)O)CC1. The third-order valence-corrected chi connectivity index (χ3v) is 6.32. The number of benzene rings is 3. The molecule has 0 heterocycles. The molecule has 1 unspecified atom stereocenters. The molecular formula is C25H21NO3. The van der Waals surface area contributed by atoms with Gasteiger partial charge in [0.05, 0.1) is 5.41 Å². The lowest BCUT2D eigenvalue weighted by molar-refractivity contribution is -0.143. The van der Waals surface area contributed by atoms with Gasteiger partial charge in [-0.05, 0) is 58.7 Å². The standard InChI is InChI=1S/C25H21NO3/c26-23(27)19-17(13-15-7-3-1-4-8-15)14-18(16-9-5-2-6-10-16)20-21(19)22(20)25(11-12-25)24(28)29/h1-10,14,22H,11-13H2,(H2,26,27)(H,28,29). The number of carbonyl (C=O) groups excluding carboxylic acids is 1. The molecule has 2 aliphatic rings. The third-order valence-electron chi connectivity index (χ3n) is 6.32. The predicted octanol–water partition coefficient (Wildman–Crippen LogP) is 4.35. The first kappa shape index (κ1) is 17.7. The number of rotatable bonds is 6. The summed E-state index contributed by atoms with van der Waals surface area (Å²) >= 11 is 0. The fraction of sp³-hybridized carbons (Fsp3) is 0.200. The highest BCUT2D eigenvalue weighted by Crippen LogP contribution is 2.69. The van der Waals surface area contributed by atoms with Crippen molar-refractivity contribution in [3.63, 3.8) is 0 Å². The van der Waals surface area contributed by atoms with Crippen LogP contribution in [0.5, 0.6) is 0 Å². The molecule has 0 spiro atoms. The number of carboxylic acid groups (broad SMARTS) is 1. The van der Waals surface area contributed by atoms with E-state index >= 15 is 0 Å². The summed E-state index contributed by atoms with van der Waals surface area (Å²) in [7, 11) is 0. The average Bonchev–Trinajstić information content (AvgIpc) is 3.62. The number of primary amides is 1. The largest absolute Gasteiger partial charge is 0.481 e. The molecule has 4 heteroatoms. The highest BCUT2D eigenvalue weighted by Gasteiger charge is 2.64. The number of hydrogen-bond acceptors (Lipinski definition) is 2. The summed E-state index contributed by atoms with van der Waals surface area (Å²) in [5.41, 5.74) is 11.4. The van der Waals surface area contributed by atoms with Gasteiger partial charge in [0.2, 0.25) is 5.91 Å². The van der Waals surface area contributed by atoms with Crippen LogP contribution in [0.4, 0.5) is 0 Å². The van der Waals surface area contributed by atoms with Crippen molar-refractivity contribution in [2.75, 3.05) is 0 Å². The molecule has 3 N–H and O–H groups in total. The molecule has 0 bridgehead atoms. The molecule has 0 radical (unpaired) electrons. The Hall–Kier alpha value is -3.40. The highest BCUT2D eigenvalue weighted by atomic mass is 16.4. The minimum atomic E-state index is -0.780. The number of fused-ring (bicyclic) bond motifs is 1. The lowest BCUT2D eigenvalue weighted by Crippen LogP contribution is -2.18. The molecule has 3 aromatic carbocycles. The molecule has 1 atom stereocenters. The van der Waals surface area contributed by atoms with E-state index in [2.05, 4.69) is 0 Å². The van der Waals surface area contributed by atoms with E-state index in [1.165, 1.54) is 0 Å². The van der Waals surface area contributed by atoms with Gasteiger partial charge in [0.1, 0.15) is 0 Å². The Kier molecular flexibility index (Phi) is 3.85. The first-order valence-corrected chi connectivity index (χ1v) is 9.85. The van der Waals surface area contributed by atoms with Crippen LogP contribution >= 0.6 is 0 Å². The Bertz CT molecular complexity index is 1130. The van der Waals surface area contributed by atoms with Crippen LogP contribution in [-0.4, -0.2) is 17.0 Å². The van der Waals surface area contributed by atoms with Gasteiger partial charge in [0, 0.05) is 11.5 Å². The molecule has 0 aromatic heterocycles. The number of amides is 1. The second-order valence-corrected chi connectivity index (χ2v) is 8.07. The monoisotopic (exact) mass is 383 g/mol. The predicted molar refractivity (Wildman–Crippen MR) is 111 cm³/mol. The zero-order valence-electron chi connectivity index (χ0n) is 15.9. The smallest absolute Gasteiger partial charge is 0.310 e. The van der Waals surface area contributed by atoms with Crippen molar-refractivity contribution < 1.29 is 14.7 Å². The summed E-state index contributed by atoms with van der Waals surface area (Å²) in [6.07, 6.45) is 1.86. The molecule has 144 valence electrons. The summed E-state index contributed by atoms with van der Waals surface area (Å²) in [5, 5.41) is 9.87. The summed E-state index contributed by atoms with van der Waals surface area (Å²) in [6, 6.07) is 22.0. The number of nitrogens with two attached hydrogens (primary N) is 1. The first-order chi connectivity index (χ1) is 14.0. The van der Waals surface area contributed by atoms with Crippen molar-refractivity contribution in [2.45, 2.75) is 25.2 Å². The highest BCUT2D eigenvalue weighted by molar-refractivity contribution is 6.02. The second kappa shape index (κ2) is 6.31. The van der Waals surface area contributed by atoms with Crippen molar-refractivity contribution in [3.05, 3.63) is 94.5 Å². The van der Waals surface area contributed by atoms with Gasteiger partial charge in [-0.15, -0.1) is 0 Å². The molecule has 0 saturated heterocycles. The minimum absolute atomic E-state index is 0.220. The van der Waals surface area contributed by atoms with E-state index in [4.69, 9.17) is 5.73 Å². The van der Waals surface area contributed by atoms with Gasteiger partial charge in [-0.1, -0.05) is 60.7 Å². The molecule has 3 aromatic rings.